The van der Waals surface area contributed by atoms with Gasteiger partial charge in [0.2, 0.25) is 11.8 Å². The molecule has 0 aromatic heterocycles. The highest BCUT2D eigenvalue weighted by molar-refractivity contribution is 5.97. The third-order valence-electron chi connectivity index (χ3n) is 2.48. The van der Waals surface area contributed by atoms with Crippen LogP contribution in [0.4, 0.5) is 5.69 Å². The first-order valence-corrected chi connectivity index (χ1v) is 5.95. The molecule has 1 rings (SSSR count). The van der Waals surface area contributed by atoms with E-state index in [2.05, 4.69) is 10.6 Å². The van der Waals surface area contributed by atoms with Crippen molar-refractivity contribution in [3.8, 4) is 0 Å². The summed E-state index contributed by atoms with van der Waals surface area (Å²) in [6, 6.07) is 7.56. The maximum absolute atomic E-state index is 11.8. The SMILES string of the molecule is COCC(N)C(=O)NC(C)C(=O)Nc1ccccc1. The molecule has 19 heavy (non-hydrogen) atoms. The maximum atomic E-state index is 11.8. The van der Waals surface area contributed by atoms with Crippen LogP contribution in [-0.2, 0) is 14.3 Å². The number of hydrogen-bond donors (Lipinski definition) is 3. The van der Waals surface area contributed by atoms with E-state index in [0.717, 1.165) is 0 Å². The highest BCUT2D eigenvalue weighted by Crippen LogP contribution is 2.05. The van der Waals surface area contributed by atoms with Gasteiger partial charge in [-0.15, -0.1) is 0 Å². The lowest BCUT2D eigenvalue weighted by atomic mass is 10.2. The van der Waals surface area contributed by atoms with Gasteiger partial charge in [0.15, 0.2) is 0 Å². The molecule has 4 N–H and O–H groups in total. The molecule has 0 aliphatic heterocycles. The summed E-state index contributed by atoms with van der Waals surface area (Å²) in [6.45, 7) is 1.70. The Hall–Kier alpha value is -1.92. The molecule has 6 heteroatoms. The number of nitrogens with one attached hydrogen (secondary N) is 2. The van der Waals surface area contributed by atoms with Crippen LogP contribution in [0, 0.1) is 0 Å². The molecule has 0 saturated heterocycles. The van der Waals surface area contributed by atoms with Gasteiger partial charge in [0, 0.05) is 12.8 Å². The first-order chi connectivity index (χ1) is 9.04. The average molecular weight is 265 g/mol. The number of carbonyl (C=O) groups is 2. The van der Waals surface area contributed by atoms with E-state index in [1.165, 1.54) is 7.11 Å². The molecule has 2 amide bonds. The van der Waals surface area contributed by atoms with E-state index in [1.807, 2.05) is 18.2 Å². The van der Waals surface area contributed by atoms with Crippen molar-refractivity contribution in [3.05, 3.63) is 30.3 Å². The lowest BCUT2D eigenvalue weighted by Crippen LogP contribution is -2.50. The number of carbonyl (C=O) groups excluding carboxylic acids is 2. The van der Waals surface area contributed by atoms with E-state index in [1.54, 1.807) is 19.1 Å². The summed E-state index contributed by atoms with van der Waals surface area (Å²) in [5.74, 6) is -0.721. The summed E-state index contributed by atoms with van der Waals surface area (Å²) in [5, 5.41) is 5.22. The van der Waals surface area contributed by atoms with E-state index in [9.17, 15) is 9.59 Å². The van der Waals surface area contributed by atoms with Crippen LogP contribution in [0.1, 0.15) is 6.92 Å². The third kappa shape index (κ3) is 5.07. The minimum absolute atomic E-state index is 0.110. The Morgan fingerprint density at radius 2 is 1.89 bits per heavy atom. The molecule has 0 aliphatic rings. The quantitative estimate of drug-likeness (QED) is 0.680. The number of nitrogens with two attached hydrogens (primary N) is 1. The second-order valence-electron chi connectivity index (χ2n) is 4.15. The van der Waals surface area contributed by atoms with Gasteiger partial charge >= 0.3 is 0 Å². The third-order valence-corrected chi connectivity index (χ3v) is 2.48. The zero-order valence-corrected chi connectivity index (χ0v) is 11.1. The van der Waals surface area contributed by atoms with E-state index >= 15 is 0 Å². The number of benzene rings is 1. The predicted molar refractivity (Wildman–Crippen MR) is 72.5 cm³/mol. The Labute approximate surface area is 112 Å². The predicted octanol–water partition coefficient (Wildman–Crippen LogP) is 0.104. The van der Waals surface area contributed by atoms with Crippen LogP contribution in [0.3, 0.4) is 0 Å². The molecule has 1 aromatic rings. The van der Waals surface area contributed by atoms with Crippen LogP contribution in [0.15, 0.2) is 30.3 Å². The molecule has 2 unspecified atom stereocenters. The number of amides is 2. The summed E-state index contributed by atoms with van der Waals surface area (Å²) in [4.78, 5) is 23.4. The summed E-state index contributed by atoms with van der Waals surface area (Å²) in [7, 11) is 1.46. The lowest BCUT2D eigenvalue weighted by Gasteiger charge is -2.17. The second-order valence-corrected chi connectivity index (χ2v) is 4.15. The van der Waals surface area contributed by atoms with Gasteiger partial charge in [-0.05, 0) is 19.1 Å². The standard InChI is InChI=1S/C13H19N3O3/c1-9(15-13(18)11(14)8-19-2)12(17)16-10-6-4-3-5-7-10/h3-7,9,11H,8,14H2,1-2H3,(H,15,18)(H,16,17). The molecule has 0 saturated carbocycles. The van der Waals surface area contributed by atoms with E-state index in [0.29, 0.717) is 5.69 Å². The minimum atomic E-state index is -0.781. The van der Waals surface area contributed by atoms with E-state index < -0.39 is 18.0 Å². The first-order valence-electron chi connectivity index (χ1n) is 5.95. The van der Waals surface area contributed by atoms with Crippen molar-refractivity contribution in [2.24, 2.45) is 5.73 Å². The fourth-order valence-corrected chi connectivity index (χ4v) is 1.41. The summed E-state index contributed by atoms with van der Waals surface area (Å²) >= 11 is 0. The van der Waals surface area contributed by atoms with Gasteiger partial charge in [-0.1, -0.05) is 18.2 Å². The minimum Gasteiger partial charge on any atom is -0.383 e. The highest BCUT2D eigenvalue weighted by Gasteiger charge is 2.19. The van der Waals surface area contributed by atoms with E-state index in [-0.39, 0.29) is 12.5 Å². The van der Waals surface area contributed by atoms with Crippen LogP contribution in [0.2, 0.25) is 0 Å². The Morgan fingerprint density at radius 1 is 1.26 bits per heavy atom. The van der Waals surface area contributed by atoms with Crippen molar-refractivity contribution in [1.82, 2.24) is 5.32 Å². The Morgan fingerprint density at radius 3 is 2.47 bits per heavy atom. The fourth-order valence-electron chi connectivity index (χ4n) is 1.41. The number of methoxy groups -OCH3 is 1. The smallest absolute Gasteiger partial charge is 0.246 e. The van der Waals surface area contributed by atoms with Gasteiger partial charge in [-0.25, -0.2) is 0 Å². The number of para-hydroxylation sites is 1. The molecule has 0 spiro atoms. The highest BCUT2D eigenvalue weighted by atomic mass is 16.5. The second kappa shape index (κ2) is 7.50. The molecule has 0 aliphatic carbocycles. The van der Waals surface area contributed by atoms with Crippen molar-refractivity contribution < 1.29 is 14.3 Å². The van der Waals surface area contributed by atoms with Crippen molar-refractivity contribution in [2.45, 2.75) is 19.0 Å². The zero-order valence-electron chi connectivity index (χ0n) is 11.1. The van der Waals surface area contributed by atoms with Crippen LogP contribution in [0.5, 0.6) is 0 Å². The number of rotatable bonds is 6. The monoisotopic (exact) mass is 265 g/mol. The molecule has 2 atom stereocenters. The lowest BCUT2D eigenvalue weighted by molar-refractivity contribution is -0.127. The molecule has 0 bridgehead atoms. The van der Waals surface area contributed by atoms with Gasteiger partial charge in [0.1, 0.15) is 12.1 Å². The molecular formula is C13H19N3O3. The average Bonchev–Trinajstić information content (AvgIpc) is 2.40. The normalized spacial score (nSPS) is 13.4. The number of hydrogen-bond acceptors (Lipinski definition) is 4. The van der Waals surface area contributed by atoms with Crippen LogP contribution >= 0.6 is 0 Å². The summed E-state index contributed by atoms with van der Waals surface area (Å²) in [5.41, 5.74) is 6.24. The van der Waals surface area contributed by atoms with Crippen molar-refractivity contribution >= 4 is 17.5 Å². The number of anilines is 1. The topological polar surface area (TPSA) is 93.4 Å². The van der Waals surface area contributed by atoms with Crippen molar-refractivity contribution in [2.75, 3.05) is 19.0 Å². The van der Waals surface area contributed by atoms with Gasteiger partial charge < -0.3 is 21.1 Å². The maximum Gasteiger partial charge on any atom is 0.246 e. The molecular weight excluding hydrogens is 246 g/mol. The molecule has 104 valence electrons. The van der Waals surface area contributed by atoms with Crippen LogP contribution in [0.25, 0.3) is 0 Å². The largest absolute Gasteiger partial charge is 0.383 e. The van der Waals surface area contributed by atoms with Crippen LogP contribution < -0.4 is 16.4 Å². The van der Waals surface area contributed by atoms with Crippen LogP contribution in [-0.4, -0.2) is 37.6 Å². The van der Waals surface area contributed by atoms with E-state index in [4.69, 9.17) is 10.5 Å². The number of ether oxygens (including phenoxy) is 1. The van der Waals surface area contributed by atoms with Crippen molar-refractivity contribution in [1.29, 1.82) is 0 Å². The van der Waals surface area contributed by atoms with Gasteiger partial charge in [0.25, 0.3) is 0 Å². The zero-order chi connectivity index (χ0) is 14.3. The molecule has 0 heterocycles. The first kappa shape index (κ1) is 15.1. The molecule has 0 radical (unpaired) electrons. The Bertz CT molecular complexity index is 422. The Kier molecular flexibility index (Phi) is 5.98. The molecule has 6 nitrogen and oxygen atoms in total. The van der Waals surface area contributed by atoms with Crippen molar-refractivity contribution in [3.63, 3.8) is 0 Å². The molecule has 1 aromatic carbocycles. The fraction of sp³-hybridized carbons (Fsp3) is 0.385. The Balaban J connectivity index is 2.47. The van der Waals surface area contributed by atoms with Gasteiger partial charge in [-0.2, -0.15) is 0 Å². The summed E-state index contributed by atoms with van der Waals surface area (Å²) < 4.78 is 4.78. The molecule has 0 fully saturated rings. The van der Waals surface area contributed by atoms with Gasteiger partial charge in [-0.3, -0.25) is 9.59 Å². The van der Waals surface area contributed by atoms with Gasteiger partial charge in [0.05, 0.1) is 6.61 Å². The summed E-state index contributed by atoms with van der Waals surface area (Å²) in [6.07, 6.45) is 0.